The first kappa shape index (κ1) is 98.8. The predicted octanol–water partition coefficient (Wildman–Crippen LogP) is 24.2. The average molecular weight is 1820 g/mol. The second-order valence-corrected chi connectivity index (χ2v) is 32.8. The molecule has 0 amide bonds. The van der Waals surface area contributed by atoms with Crippen LogP contribution in [-0.2, 0) is 85.0 Å². The van der Waals surface area contributed by atoms with Crippen molar-refractivity contribution in [3.63, 3.8) is 0 Å². The molecule has 14 heteroatoms. The highest BCUT2D eigenvalue weighted by Gasteiger charge is 2.46. The second-order valence-electron chi connectivity index (χ2n) is 32.8. The zero-order chi connectivity index (χ0) is 94.9. The van der Waals surface area contributed by atoms with Crippen molar-refractivity contribution >= 4 is 11.7 Å². The third-order valence-corrected chi connectivity index (χ3v) is 24.2. The quantitative estimate of drug-likeness (QED) is 0.0168. The van der Waals surface area contributed by atoms with Gasteiger partial charge in [-0.1, -0.05) is 484 Å². The molecule has 0 aliphatic carbocycles. The van der Waals surface area contributed by atoms with Gasteiger partial charge in [0.05, 0.1) is 95.5 Å². The molecule has 2 fully saturated rings. The van der Waals surface area contributed by atoms with Gasteiger partial charge in [-0.3, -0.25) is 0 Å². The predicted molar refractivity (Wildman–Crippen MR) is 545 cm³/mol. The molecular weight excluding hydrogens is 1700 g/mol. The Kier molecular flexibility index (Phi) is 36.7. The number of esters is 1. The number of carbonyl (C=O) groups excluding carboxylic acids is 1. The Balaban J connectivity index is 0.000000137. The first-order chi connectivity index (χ1) is 67.6. The van der Waals surface area contributed by atoms with E-state index in [1.54, 1.807) is 25.2 Å². The third-order valence-electron chi connectivity index (χ3n) is 24.2. The lowest BCUT2D eigenvalue weighted by atomic mass is 9.80. The molecule has 1 unspecified atom stereocenters. The Hall–Kier alpha value is -14.2. The number of benzene rings is 15. The van der Waals surface area contributed by atoms with Crippen molar-refractivity contribution in [1.29, 1.82) is 0 Å². The van der Waals surface area contributed by atoms with Gasteiger partial charge in [0.2, 0.25) is 0 Å². The minimum absolute atomic E-state index is 0.0632. The topological polar surface area (TPSA) is 154 Å². The van der Waals surface area contributed by atoms with E-state index in [-0.39, 0.29) is 44.1 Å². The lowest BCUT2D eigenvalue weighted by Gasteiger charge is -2.37. The van der Waals surface area contributed by atoms with Crippen LogP contribution in [0, 0.1) is 5.92 Å². The standard InChI is InChI=1S/C27H28O4.C26H26O2.C25H23NO3.C23H22O2.C22H20O2/c1-3-25(30-21-26(28)29-4-2)20-31-27(22-14-8-5-9-15-22,23-16-10-6-11-17-23)24-18-12-7-13-19-24;1-3-20-27-25(4-2)21-28-26(22-14-8-5-9-15-22,23-16-10-6-11-17-23)24-18-12-7-13-19-24;1-4-10-19(11-5-1)25(20-12-6-2-7-13-20,21-14-8-3-9-15-21)28-18-24-22-16-29-26-23(22)17-27-24;1-2-22(24)18-25-23(19-12-6-3-7-13-19,20-14-8-4-9-15-20)21-16-10-5-11-17-21;1-4-10-18(11-5-1)22(24-17-21-16-23-21,19-12-6-2-7-13-19)20-14-8-3-9-15-20/h3,5-19,25H,1,4,20-21H2,2H3;3-19,25H,1-2,20-21H2;1-15,22,24H,16-18H2;2-17,22,24H,1,18H2;1-15,21H,16-17H2/t2*25-;22-,24?;22-;21-/m00000/s1. The number of nitrogens with zero attached hydrogens (tertiary/aromatic N) is 1. The molecule has 0 saturated carbocycles. The molecule has 1 N–H and O–H groups in total. The second kappa shape index (κ2) is 50.9. The summed E-state index contributed by atoms with van der Waals surface area (Å²) < 4.78 is 61.0. The summed E-state index contributed by atoms with van der Waals surface area (Å²) in [7, 11) is 0. The molecule has 15 aromatic carbocycles. The van der Waals surface area contributed by atoms with Crippen molar-refractivity contribution < 1.29 is 62.1 Å². The maximum absolute atomic E-state index is 11.7. The van der Waals surface area contributed by atoms with Crippen molar-refractivity contribution in [1.82, 2.24) is 0 Å². The van der Waals surface area contributed by atoms with Crippen molar-refractivity contribution in [2.75, 3.05) is 72.7 Å². The maximum atomic E-state index is 11.7. The number of fused-ring (bicyclic) bond motifs is 1. The molecule has 6 atom stereocenters. The Bertz CT molecular complexity index is 5580. The number of hydrogen-bond acceptors (Lipinski definition) is 14. The van der Waals surface area contributed by atoms with Crippen LogP contribution in [0.15, 0.2) is 511 Å². The van der Waals surface area contributed by atoms with Gasteiger partial charge < -0.3 is 57.3 Å². The van der Waals surface area contributed by atoms with Crippen molar-refractivity contribution in [3.8, 4) is 0 Å². The molecule has 694 valence electrons. The third kappa shape index (κ3) is 24.7. The van der Waals surface area contributed by atoms with E-state index in [0.717, 1.165) is 95.8 Å². The first-order valence-corrected chi connectivity index (χ1v) is 46.6. The summed E-state index contributed by atoms with van der Waals surface area (Å²) in [5.41, 5.74) is 13.1. The van der Waals surface area contributed by atoms with Crippen LogP contribution in [0.4, 0.5) is 0 Å². The molecule has 15 aromatic rings. The fourth-order valence-corrected chi connectivity index (χ4v) is 17.4. The summed E-state index contributed by atoms with van der Waals surface area (Å²) in [6, 6.07) is 154. The lowest BCUT2D eigenvalue weighted by molar-refractivity contribution is -0.151. The molecule has 3 aliphatic rings. The summed E-state index contributed by atoms with van der Waals surface area (Å²) in [6.45, 7) is 21.1. The normalized spacial score (nSPS) is 14.9. The summed E-state index contributed by atoms with van der Waals surface area (Å²) in [5.74, 6) is -0.232. The Morgan fingerprint density at radius 1 is 0.336 bits per heavy atom. The molecule has 2 saturated heterocycles. The van der Waals surface area contributed by atoms with Gasteiger partial charge in [0, 0.05) is 0 Å². The molecule has 0 radical (unpaired) electrons. The molecule has 3 aliphatic heterocycles. The average Bonchev–Trinajstić information content (AvgIpc) is 1.77. The molecule has 0 bridgehead atoms. The van der Waals surface area contributed by atoms with Crippen LogP contribution in [-0.4, -0.2) is 120 Å². The number of oxime groups is 1. The van der Waals surface area contributed by atoms with Gasteiger partial charge in [-0.2, -0.15) is 0 Å². The molecular formula is C123H119NO13. The van der Waals surface area contributed by atoms with Gasteiger partial charge in [-0.05, 0) is 90.4 Å². The van der Waals surface area contributed by atoms with Gasteiger partial charge in [0.25, 0.3) is 0 Å². The van der Waals surface area contributed by atoms with Gasteiger partial charge >= 0.3 is 5.97 Å². The van der Waals surface area contributed by atoms with E-state index in [1.165, 1.54) is 6.08 Å². The minimum Gasteiger partial charge on any atom is -0.464 e. The number of aliphatic hydroxyl groups excluding tert-OH is 1. The van der Waals surface area contributed by atoms with Crippen LogP contribution in [0.5, 0.6) is 0 Å². The van der Waals surface area contributed by atoms with Crippen LogP contribution in [0.2, 0.25) is 0 Å². The van der Waals surface area contributed by atoms with E-state index >= 15 is 0 Å². The fraction of sp³-hybridized carbons (Fsp3) is 0.187. The Morgan fingerprint density at radius 2 is 0.577 bits per heavy atom. The van der Waals surface area contributed by atoms with Crippen LogP contribution in [0.25, 0.3) is 0 Å². The zero-order valence-electron chi connectivity index (χ0n) is 77.5. The van der Waals surface area contributed by atoms with E-state index in [1.807, 2.05) is 200 Å². The summed E-state index contributed by atoms with van der Waals surface area (Å²) in [4.78, 5) is 17.0. The van der Waals surface area contributed by atoms with Crippen LogP contribution in [0.3, 0.4) is 0 Å². The maximum Gasteiger partial charge on any atom is 0.332 e. The molecule has 137 heavy (non-hydrogen) atoms. The SMILES string of the molecule is C=CCO[C@@H](C=C)COC(c1ccccc1)(c1ccccc1)c1ccccc1.C=C[C@@H](COC(c1ccccc1)(c1ccccc1)c1ccccc1)OCC(=O)OCC.C=C[C@H](O)COC(c1ccccc1)(c1ccccc1)c1ccccc1.c1ccc(C(OCC2OCC3=NOC[C@@H]32)(c2ccccc2)c2ccccc2)cc1.c1ccc(C(OC[C@@H]2CO2)(c2ccccc2)c2ccccc2)cc1. The zero-order valence-corrected chi connectivity index (χ0v) is 77.5. The Morgan fingerprint density at radius 3 is 0.810 bits per heavy atom. The molecule has 14 nitrogen and oxygen atoms in total. The smallest absolute Gasteiger partial charge is 0.332 e. The van der Waals surface area contributed by atoms with Gasteiger partial charge in [-0.15, -0.1) is 26.3 Å². The lowest BCUT2D eigenvalue weighted by Crippen LogP contribution is -2.37. The molecule has 3 heterocycles. The highest BCUT2D eigenvalue weighted by molar-refractivity contribution is 5.90. The number of ether oxygens (including phenoxy) is 10. The monoisotopic (exact) mass is 1820 g/mol. The molecule has 0 aromatic heterocycles. The van der Waals surface area contributed by atoms with Crippen LogP contribution < -0.4 is 0 Å². The summed E-state index contributed by atoms with van der Waals surface area (Å²) in [5, 5.41) is 14.1. The summed E-state index contributed by atoms with van der Waals surface area (Å²) in [6.07, 6.45) is 5.36. The van der Waals surface area contributed by atoms with Gasteiger partial charge in [0.1, 0.15) is 47.3 Å². The van der Waals surface area contributed by atoms with Crippen molar-refractivity contribution in [3.05, 3.63) is 589 Å². The Labute approximate surface area is 807 Å². The number of aliphatic hydroxyl groups is 1. The number of epoxide rings is 1. The van der Waals surface area contributed by atoms with E-state index in [0.29, 0.717) is 46.2 Å². The van der Waals surface area contributed by atoms with E-state index in [2.05, 4.69) is 286 Å². The largest absolute Gasteiger partial charge is 0.464 e. The van der Waals surface area contributed by atoms with Crippen LogP contribution in [0.1, 0.15) is 90.4 Å². The van der Waals surface area contributed by atoms with Crippen LogP contribution >= 0.6 is 0 Å². The minimum atomic E-state index is -0.849. The van der Waals surface area contributed by atoms with Crippen molar-refractivity contribution in [2.24, 2.45) is 11.1 Å². The molecule has 0 spiro atoms. The van der Waals surface area contributed by atoms with E-state index < -0.39 is 46.2 Å². The molecule has 18 rings (SSSR count). The van der Waals surface area contributed by atoms with Gasteiger partial charge in [-0.25, -0.2) is 4.79 Å². The fourth-order valence-electron chi connectivity index (χ4n) is 17.4. The van der Waals surface area contributed by atoms with Crippen molar-refractivity contribution in [2.45, 2.75) is 65.4 Å². The highest BCUT2D eigenvalue weighted by Crippen LogP contribution is 2.47. The summed E-state index contributed by atoms with van der Waals surface area (Å²) >= 11 is 0. The highest BCUT2D eigenvalue weighted by atomic mass is 16.6. The number of hydrogen-bond donors (Lipinski definition) is 1. The van der Waals surface area contributed by atoms with Gasteiger partial charge in [0.15, 0.2) is 0 Å². The number of carbonyl (C=O) groups is 1. The number of rotatable bonds is 40. The first-order valence-electron chi connectivity index (χ1n) is 46.6. The van der Waals surface area contributed by atoms with E-state index in [9.17, 15) is 9.90 Å². The van der Waals surface area contributed by atoms with E-state index in [4.69, 9.17) is 52.2 Å².